The molecule has 1 aromatic rings. The van der Waals surface area contributed by atoms with Crippen molar-refractivity contribution in [3.05, 3.63) is 23.8 Å². The van der Waals surface area contributed by atoms with Crippen LogP contribution in [0.4, 0.5) is 5.69 Å². The number of carbonyl (C=O) groups excluding carboxylic acids is 2. The third-order valence-corrected chi connectivity index (χ3v) is 4.08. The van der Waals surface area contributed by atoms with E-state index in [1.54, 1.807) is 0 Å². The molecule has 0 aromatic heterocycles. The Morgan fingerprint density at radius 2 is 2.17 bits per heavy atom. The summed E-state index contributed by atoms with van der Waals surface area (Å²) in [6.07, 6.45) is 1.59. The van der Waals surface area contributed by atoms with Gasteiger partial charge in [0.05, 0.1) is 18.9 Å². The van der Waals surface area contributed by atoms with Crippen molar-refractivity contribution < 1.29 is 19.1 Å². The number of hydrogen-bond acceptors (Lipinski definition) is 6. The van der Waals surface area contributed by atoms with Crippen LogP contribution in [0.2, 0.25) is 0 Å². The van der Waals surface area contributed by atoms with Gasteiger partial charge in [-0.2, -0.15) is 0 Å². The van der Waals surface area contributed by atoms with E-state index in [0.717, 1.165) is 29.8 Å². The van der Waals surface area contributed by atoms with E-state index in [9.17, 15) is 9.59 Å². The first-order valence-corrected chi connectivity index (χ1v) is 8.10. The number of rotatable bonds is 6. The first-order chi connectivity index (χ1) is 11.5. The van der Waals surface area contributed by atoms with Crippen molar-refractivity contribution in [3.63, 3.8) is 0 Å². The highest BCUT2D eigenvalue weighted by Gasteiger charge is 2.35. The van der Waals surface area contributed by atoms with Crippen molar-refractivity contribution in [3.8, 4) is 5.75 Å². The second-order valence-corrected chi connectivity index (χ2v) is 5.91. The van der Waals surface area contributed by atoms with Crippen LogP contribution in [0.5, 0.6) is 5.75 Å². The van der Waals surface area contributed by atoms with E-state index in [2.05, 4.69) is 10.3 Å². The van der Waals surface area contributed by atoms with Crippen molar-refractivity contribution in [2.24, 2.45) is 4.99 Å². The van der Waals surface area contributed by atoms with Crippen LogP contribution in [0.3, 0.4) is 0 Å². The van der Waals surface area contributed by atoms with Crippen LogP contribution in [0, 0.1) is 0 Å². The number of guanidine groups is 1. The molecule has 0 saturated carbocycles. The van der Waals surface area contributed by atoms with Crippen molar-refractivity contribution >= 4 is 23.5 Å². The number of carbonyl (C=O) groups is 2. The Morgan fingerprint density at radius 1 is 1.38 bits per heavy atom. The predicted molar refractivity (Wildman–Crippen MR) is 88.0 cm³/mol. The van der Waals surface area contributed by atoms with Gasteiger partial charge in [0.15, 0.2) is 0 Å². The first kappa shape index (κ1) is 16.3. The van der Waals surface area contributed by atoms with Crippen molar-refractivity contribution in [2.75, 3.05) is 13.2 Å². The molecule has 1 N–H and O–H groups in total. The minimum Gasteiger partial charge on any atom is -0.494 e. The Hall–Kier alpha value is -2.57. The highest BCUT2D eigenvalue weighted by Crippen LogP contribution is 2.31. The Morgan fingerprint density at radius 3 is 2.96 bits per heavy atom. The van der Waals surface area contributed by atoms with Gasteiger partial charge in [-0.05, 0) is 38.0 Å². The zero-order valence-corrected chi connectivity index (χ0v) is 13.9. The molecular weight excluding hydrogens is 310 g/mol. The lowest BCUT2D eigenvalue weighted by atomic mass is 10.1. The molecule has 0 spiro atoms. The summed E-state index contributed by atoms with van der Waals surface area (Å²) >= 11 is 0. The largest absolute Gasteiger partial charge is 0.494 e. The standard InChI is InChI=1S/C17H21N3O4/c1-11-16(22)19-17-18-15-6-5-14(9-13(15)10-20(11)17)24-8-4-3-7-23-12(2)21/h5-6,9,11H,3-4,7-8,10H2,1-2H3,(H,18,19,22). The highest BCUT2D eigenvalue weighted by atomic mass is 16.5. The minimum absolute atomic E-state index is 0.0224. The van der Waals surface area contributed by atoms with Crippen molar-refractivity contribution in [1.82, 2.24) is 10.2 Å². The van der Waals surface area contributed by atoms with Gasteiger partial charge in [-0.3, -0.25) is 14.9 Å². The summed E-state index contributed by atoms with van der Waals surface area (Å²) in [6, 6.07) is 5.55. The summed E-state index contributed by atoms with van der Waals surface area (Å²) in [7, 11) is 0. The molecule has 24 heavy (non-hydrogen) atoms. The van der Waals surface area contributed by atoms with Crippen LogP contribution < -0.4 is 10.1 Å². The Labute approximate surface area is 140 Å². The molecule has 7 nitrogen and oxygen atoms in total. The smallest absolute Gasteiger partial charge is 0.302 e. The molecule has 7 heteroatoms. The molecular formula is C17H21N3O4. The third-order valence-electron chi connectivity index (χ3n) is 4.08. The maximum absolute atomic E-state index is 11.7. The Kier molecular flexibility index (Phi) is 4.69. The van der Waals surface area contributed by atoms with Gasteiger partial charge >= 0.3 is 5.97 Å². The number of benzene rings is 1. The summed E-state index contributed by atoms with van der Waals surface area (Å²) in [4.78, 5) is 28.8. The molecule has 2 aliphatic rings. The third kappa shape index (κ3) is 3.50. The van der Waals surface area contributed by atoms with Crippen LogP contribution in [0.1, 0.15) is 32.3 Å². The number of unbranched alkanes of at least 4 members (excludes halogenated alkanes) is 1. The van der Waals surface area contributed by atoms with E-state index < -0.39 is 0 Å². The number of aliphatic imine (C=N–C) groups is 1. The van der Waals surface area contributed by atoms with Crippen LogP contribution in [-0.2, 0) is 20.9 Å². The molecule has 128 valence electrons. The summed E-state index contributed by atoms with van der Waals surface area (Å²) in [5.41, 5.74) is 1.90. The fourth-order valence-electron chi connectivity index (χ4n) is 2.71. The summed E-state index contributed by atoms with van der Waals surface area (Å²) in [5, 5.41) is 2.79. The van der Waals surface area contributed by atoms with E-state index in [4.69, 9.17) is 9.47 Å². The van der Waals surface area contributed by atoms with Gasteiger partial charge in [-0.25, -0.2) is 4.99 Å². The molecule has 0 radical (unpaired) electrons. The number of nitrogens with one attached hydrogen (secondary N) is 1. The SMILES string of the molecule is CC(=O)OCCCCOc1ccc2c(c1)CN1C(=N2)NC(=O)C1C. The first-order valence-electron chi connectivity index (χ1n) is 8.10. The van der Waals surface area contributed by atoms with Crippen LogP contribution >= 0.6 is 0 Å². The summed E-state index contributed by atoms with van der Waals surface area (Å²) in [5.74, 6) is 1.13. The fraction of sp³-hybridized carbons (Fsp3) is 0.471. The predicted octanol–water partition coefficient (Wildman–Crippen LogP) is 1.73. The maximum Gasteiger partial charge on any atom is 0.302 e. The monoisotopic (exact) mass is 331 g/mol. The average Bonchev–Trinajstić information content (AvgIpc) is 2.82. The number of ether oxygens (including phenoxy) is 2. The Balaban J connectivity index is 1.55. The van der Waals surface area contributed by atoms with Crippen LogP contribution in [-0.4, -0.2) is 42.0 Å². The molecule has 3 rings (SSSR count). The van der Waals surface area contributed by atoms with Gasteiger partial charge in [0.2, 0.25) is 11.9 Å². The number of hydrogen-bond donors (Lipinski definition) is 1. The molecule has 1 atom stereocenters. The molecule has 1 amide bonds. The molecule has 0 aliphatic carbocycles. The topological polar surface area (TPSA) is 80.2 Å². The van der Waals surface area contributed by atoms with Crippen LogP contribution in [0.25, 0.3) is 0 Å². The molecule has 2 aliphatic heterocycles. The van der Waals surface area contributed by atoms with E-state index in [1.165, 1.54) is 6.92 Å². The number of amides is 1. The van der Waals surface area contributed by atoms with Gasteiger partial charge in [0.1, 0.15) is 11.8 Å². The van der Waals surface area contributed by atoms with E-state index in [-0.39, 0.29) is 17.9 Å². The number of fused-ring (bicyclic) bond motifs is 2. The molecule has 1 saturated heterocycles. The highest BCUT2D eigenvalue weighted by molar-refractivity contribution is 6.07. The Bertz CT molecular complexity index is 686. The van der Waals surface area contributed by atoms with Gasteiger partial charge in [-0.15, -0.1) is 0 Å². The number of nitrogens with zero attached hydrogens (tertiary/aromatic N) is 2. The molecule has 2 heterocycles. The lowest BCUT2D eigenvalue weighted by molar-refractivity contribution is -0.141. The molecule has 1 fully saturated rings. The molecule has 1 unspecified atom stereocenters. The number of esters is 1. The second-order valence-electron chi connectivity index (χ2n) is 5.91. The lowest BCUT2D eigenvalue weighted by Crippen LogP contribution is -2.35. The maximum atomic E-state index is 11.7. The summed E-state index contributed by atoms with van der Waals surface area (Å²) < 4.78 is 10.6. The van der Waals surface area contributed by atoms with E-state index in [0.29, 0.717) is 25.7 Å². The lowest BCUT2D eigenvalue weighted by Gasteiger charge is -2.26. The van der Waals surface area contributed by atoms with Gasteiger partial charge < -0.3 is 14.4 Å². The van der Waals surface area contributed by atoms with Crippen molar-refractivity contribution in [1.29, 1.82) is 0 Å². The van der Waals surface area contributed by atoms with Gasteiger partial charge in [0.25, 0.3) is 0 Å². The van der Waals surface area contributed by atoms with E-state index in [1.807, 2.05) is 30.0 Å². The van der Waals surface area contributed by atoms with Gasteiger partial charge in [0, 0.05) is 19.0 Å². The fourth-order valence-corrected chi connectivity index (χ4v) is 2.71. The van der Waals surface area contributed by atoms with Crippen LogP contribution in [0.15, 0.2) is 23.2 Å². The second kappa shape index (κ2) is 6.90. The minimum atomic E-state index is -0.255. The van der Waals surface area contributed by atoms with Crippen molar-refractivity contribution in [2.45, 2.75) is 39.3 Å². The summed E-state index contributed by atoms with van der Waals surface area (Å²) in [6.45, 7) is 4.90. The van der Waals surface area contributed by atoms with E-state index >= 15 is 0 Å². The molecule has 1 aromatic carbocycles. The average molecular weight is 331 g/mol. The normalized spacial score (nSPS) is 18.4. The zero-order chi connectivity index (χ0) is 17.1. The molecule has 0 bridgehead atoms. The quantitative estimate of drug-likeness (QED) is 0.634. The van der Waals surface area contributed by atoms with Gasteiger partial charge in [-0.1, -0.05) is 0 Å². The zero-order valence-electron chi connectivity index (χ0n) is 13.9.